The Morgan fingerprint density at radius 1 is 1.30 bits per heavy atom. The van der Waals surface area contributed by atoms with Gasteiger partial charge in [0.2, 0.25) is 0 Å². The Morgan fingerprint density at radius 2 is 2.15 bits per heavy atom. The number of nitrogens with two attached hydrogens (primary N) is 1. The Labute approximate surface area is 118 Å². The second-order valence-electron chi connectivity index (χ2n) is 5.20. The lowest BCUT2D eigenvalue weighted by Crippen LogP contribution is -2.22. The fourth-order valence-corrected chi connectivity index (χ4v) is 2.41. The Kier molecular flexibility index (Phi) is 3.22. The van der Waals surface area contributed by atoms with E-state index in [1.165, 1.54) is 11.1 Å². The SMILES string of the molecule is Cc1ccc2c(c1)CC(COc1ccc(C)nc1N)O2. The monoisotopic (exact) mass is 270 g/mol. The summed E-state index contributed by atoms with van der Waals surface area (Å²) in [4.78, 5) is 4.18. The molecule has 0 spiro atoms. The number of benzene rings is 1. The van der Waals surface area contributed by atoms with Crippen molar-refractivity contribution in [2.24, 2.45) is 0 Å². The average molecular weight is 270 g/mol. The molecule has 20 heavy (non-hydrogen) atoms. The van der Waals surface area contributed by atoms with Gasteiger partial charge in [-0.1, -0.05) is 17.7 Å². The zero-order chi connectivity index (χ0) is 14.1. The predicted octanol–water partition coefficient (Wildman–Crippen LogP) is 2.66. The van der Waals surface area contributed by atoms with E-state index in [0.29, 0.717) is 18.2 Å². The third-order valence-electron chi connectivity index (χ3n) is 3.41. The summed E-state index contributed by atoms with van der Waals surface area (Å²) >= 11 is 0. The molecule has 2 aromatic rings. The molecule has 104 valence electrons. The molecule has 1 aliphatic heterocycles. The van der Waals surface area contributed by atoms with Crippen LogP contribution in [0.2, 0.25) is 0 Å². The summed E-state index contributed by atoms with van der Waals surface area (Å²) < 4.78 is 11.6. The highest BCUT2D eigenvalue weighted by molar-refractivity contribution is 5.46. The average Bonchev–Trinajstić information content (AvgIpc) is 2.79. The van der Waals surface area contributed by atoms with Gasteiger partial charge in [0.1, 0.15) is 18.5 Å². The Morgan fingerprint density at radius 3 is 2.95 bits per heavy atom. The van der Waals surface area contributed by atoms with Crippen molar-refractivity contribution in [2.75, 3.05) is 12.3 Å². The summed E-state index contributed by atoms with van der Waals surface area (Å²) in [6, 6.07) is 9.98. The van der Waals surface area contributed by atoms with Gasteiger partial charge in [0.05, 0.1) is 0 Å². The first kappa shape index (κ1) is 12.8. The minimum Gasteiger partial charge on any atom is -0.486 e. The van der Waals surface area contributed by atoms with E-state index in [-0.39, 0.29) is 6.10 Å². The summed E-state index contributed by atoms with van der Waals surface area (Å²) in [5, 5.41) is 0. The zero-order valence-corrected chi connectivity index (χ0v) is 11.7. The molecule has 0 amide bonds. The number of hydrogen-bond acceptors (Lipinski definition) is 4. The fourth-order valence-electron chi connectivity index (χ4n) is 2.41. The molecule has 2 heterocycles. The van der Waals surface area contributed by atoms with Crippen LogP contribution in [0.5, 0.6) is 11.5 Å². The first-order valence-corrected chi connectivity index (χ1v) is 6.74. The van der Waals surface area contributed by atoms with Gasteiger partial charge >= 0.3 is 0 Å². The van der Waals surface area contributed by atoms with E-state index in [2.05, 4.69) is 24.0 Å². The van der Waals surface area contributed by atoms with Gasteiger partial charge in [-0.3, -0.25) is 0 Å². The number of rotatable bonds is 3. The van der Waals surface area contributed by atoms with E-state index in [9.17, 15) is 0 Å². The van der Waals surface area contributed by atoms with Crippen molar-refractivity contribution in [3.8, 4) is 11.5 Å². The number of nitrogen functional groups attached to an aromatic ring is 1. The first-order valence-electron chi connectivity index (χ1n) is 6.74. The highest BCUT2D eigenvalue weighted by Gasteiger charge is 2.23. The van der Waals surface area contributed by atoms with Gasteiger partial charge < -0.3 is 15.2 Å². The molecule has 0 bridgehead atoms. The normalized spacial score (nSPS) is 16.6. The molecule has 4 heteroatoms. The van der Waals surface area contributed by atoms with E-state index >= 15 is 0 Å². The third kappa shape index (κ3) is 2.54. The second kappa shape index (κ2) is 5.04. The number of anilines is 1. The Bertz CT molecular complexity index is 640. The van der Waals surface area contributed by atoms with Crippen LogP contribution in [0.25, 0.3) is 0 Å². The van der Waals surface area contributed by atoms with Crippen LogP contribution in [0.15, 0.2) is 30.3 Å². The predicted molar refractivity (Wildman–Crippen MR) is 78.2 cm³/mol. The van der Waals surface area contributed by atoms with Crippen LogP contribution in [0.1, 0.15) is 16.8 Å². The molecule has 0 saturated carbocycles. The van der Waals surface area contributed by atoms with Gasteiger partial charge in [0.15, 0.2) is 11.6 Å². The third-order valence-corrected chi connectivity index (χ3v) is 3.41. The number of fused-ring (bicyclic) bond motifs is 1. The van der Waals surface area contributed by atoms with E-state index in [0.717, 1.165) is 17.9 Å². The van der Waals surface area contributed by atoms with E-state index in [1.54, 1.807) is 0 Å². The van der Waals surface area contributed by atoms with Gasteiger partial charge in [-0.05, 0) is 37.6 Å². The largest absolute Gasteiger partial charge is 0.486 e. The van der Waals surface area contributed by atoms with E-state index in [4.69, 9.17) is 15.2 Å². The Hall–Kier alpha value is -2.23. The maximum Gasteiger partial charge on any atom is 0.166 e. The molecular formula is C16H18N2O2. The van der Waals surface area contributed by atoms with Gasteiger partial charge in [0, 0.05) is 12.1 Å². The van der Waals surface area contributed by atoms with Crippen LogP contribution in [-0.2, 0) is 6.42 Å². The number of ether oxygens (including phenoxy) is 2. The summed E-state index contributed by atoms with van der Waals surface area (Å²) in [5.74, 6) is 2.00. The van der Waals surface area contributed by atoms with Gasteiger partial charge in [0.25, 0.3) is 0 Å². The second-order valence-corrected chi connectivity index (χ2v) is 5.20. The van der Waals surface area contributed by atoms with Crippen LogP contribution in [0.3, 0.4) is 0 Å². The summed E-state index contributed by atoms with van der Waals surface area (Å²) in [5.41, 5.74) is 9.21. The molecule has 1 aliphatic rings. The van der Waals surface area contributed by atoms with Crippen LogP contribution < -0.4 is 15.2 Å². The van der Waals surface area contributed by atoms with Crippen molar-refractivity contribution in [1.82, 2.24) is 4.98 Å². The van der Waals surface area contributed by atoms with Gasteiger partial charge in [-0.25, -0.2) is 4.98 Å². The molecule has 2 N–H and O–H groups in total. The summed E-state index contributed by atoms with van der Waals surface area (Å²) in [6.07, 6.45) is 0.906. The number of hydrogen-bond donors (Lipinski definition) is 1. The molecule has 0 radical (unpaired) electrons. The van der Waals surface area contributed by atoms with E-state index < -0.39 is 0 Å². The van der Waals surface area contributed by atoms with E-state index in [1.807, 2.05) is 25.1 Å². The topological polar surface area (TPSA) is 57.4 Å². The lowest BCUT2D eigenvalue weighted by Gasteiger charge is -2.13. The van der Waals surface area contributed by atoms with Crippen molar-refractivity contribution in [2.45, 2.75) is 26.4 Å². The highest BCUT2D eigenvalue weighted by Crippen LogP contribution is 2.30. The molecule has 1 aromatic heterocycles. The molecule has 1 aromatic carbocycles. The first-order chi connectivity index (χ1) is 9.61. The molecule has 0 aliphatic carbocycles. The van der Waals surface area contributed by atoms with Crippen LogP contribution in [0, 0.1) is 13.8 Å². The molecule has 0 saturated heterocycles. The van der Waals surface area contributed by atoms with Crippen molar-refractivity contribution < 1.29 is 9.47 Å². The number of pyridine rings is 1. The lowest BCUT2D eigenvalue weighted by molar-refractivity contribution is 0.149. The maximum absolute atomic E-state index is 5.86. The van der Waals surface area contributed by atoms with Crippen molar-refractivity contribution in [1.29, 1.82) is 0 Å². The Balaban J connectivity index is 1.63. The molecule has 0 fully saturated rings. The number of aromatic nitrogens is 1. The molecule has 3 rings (SSSR count). The minimum atomic E-state index is 0.0347. The lowest BCUT2D eigenvalue weighted by atomic mass is 10.1. The molecule has 4 nitrogen and oxygen atoms in total. The maximum atomic E-state index is 5.86. The number of aryl methyl sites for hydroxylation is 2. The molecular weight excluding hydrogens is 252 g/mol. The van der Waals surface area contributed by atoms with Gasteiger partial charge in [-0.2, -0.15) is 0 Å². The van der Waals surface area contributed by atoms with Crippen LogP contribution >= 0.6 is 0 Å². The quantitative estimate of drug-likeness (QED) is 0.931. The van der Waals surface area contributed by atoms with Crippen molar-refractivity contribution in [3.63, 3.8) is 0 Å². The fraction of sp³-hybridized carbons (Fsp3) is 0.312. The standard InChI is InChI=1S/C16H18N2O2/c1-10-3-5-14-12(7-10)8-13(20-14)9-19-15-6-4-11(2)18-16(15)17/h3-7,13H,8-9H2,1-2H3,(H2,17,18). The minimum absolute atomic E-state index is 0.0347. The van der Waals surface area contributed by atoms with Crippen LogP contribution in [0.4, 0.5) is 5.82 Å². The van der Waals surface area contributed by atoms with Crippen LogP contribution in [-0.4, -0.2) is 17.7 Å². The zero-order valence-electron chi connectivity index (χ0n) is 11.7. The molecule has 1 atom stereocenters. The van der Waals surface area contributed by atoms with Crippen molar-refractivity contribution >= 4 is 5.82 Å². The van der Waals surface area contributed by atoms with Crippen molar-refractivity contribution in [3.05, 3.63) is 47.2 Å². The number of nitrogens with zero attached hydrogens (tertiary/aromatic N) is 1. The summed E-state index contributed by atoms with van der Waals surface area (Å²) in [6.45, 7) is 4.46. The summed E-state index contributed by atoms with van der Waals surface area (Å²) in [7, 11) is 0. The smallest absolute Gasteiger partial charge is 0.166 e. The van der Waals surface area contributed by atoms with Gasteiger partial charge in [-0.15, -0.1) is 0 Å². The molecule has 1 unspecified atom stereocenters. The highest BCUT2D eigenvalue weighted by atomic mass is 16.5.